The Morgan fingerprint density at radius 2 is 1.44 bits per heavy atom. The molecule has 0 aromatic rings. The molecule has 0 bridgehead atoms. The monoisotopic (exact) mass is 167 g/mol. The van der Waals surface area contributed by atoms with Crippen molar-refractivity contribution in [2.24, 2.45) is 0 Å². The summed E-state index contributed by atoms with van der Waals surface area (Å²) in [5.74, 6) is 0. The van der Waals surface area contributed by atoms with Gasteiger partial charge in [-0.15, -0.1) is 0 Å². The summed E-state index contributed by atoms with van der Waals surface area (Å²) in [4.78, 5) is 0. The summed E-state index contributed by atoms with van der Waals surface area (Å²) < 4.78 is 5.35. The molecule has 0 aliphatic carbocycles. The molecule has 2 unspecified atom stereocenters. The Bertz CT molecular complexity index is 73.2. The predicted molar refractivity (Wildman–Crippen MR) is 38.9 cm³/mol. The molecule has 1 heterocycles. The SMILES string of the molecule is [Si]C1CC([Si])OC([Si])C1. The summed E-state index contributed by atoms with van der Waals surface area (Å²) in [5, 5.41) is 0. The first-order chi connectivity index (χ1) is 4.18. The lowest BCUT2D eigenvalue weighted by molar-refractivity contribution is 0.0404. The van der Waals surface area contributed by atoms with Crippen molar-refractivity contribution in [3.63, 3.8) is 0 Å². The van der Waals surface area contributed by atoms with Crippen molar-refractivity contribution in [2.45, 2.75) is 29.8 Å². The Morgan fingerprint density at radius 3 is 1.78 bits per heavy atom. The van der Waals surface area contributed by atoms with E-state index >= 15 is 0 Å². The third kappa shape index (κ3) is 2.37. The van der Waals surface area contributed by atoms with Crippen molar-refractivity contribution in [1.29, 1.82) is 0 Å². The maximum Gasteiger partial charge on any atom is 0.0657 e. The largest absolute Gasteiger partial charge is 0.384 e. The van der Waals surface area contributed by atoms with Crippen molar-refractivity contribution in [2.75, 3.05) is 0 Å². The number of rotatable bonds is 0. The van der Waals surface area contributed by atoms with Crippen molar-refractivity contribution < 1.29 is 4.74 Å². The molecule has 9 radical (unpaired) electrons. The fraction of sp³-hybridized carbons (Fsp3) is 1.00. The van der Waals surface area contributed by atoms with Gasteiger partial charge in [-0.3, -0.25) is 0 Å². The van der Waals surface area contributed by atoms with Gasteiger partial charge in [-0.25, -0.2) is 0 Å². The van der Waals surface area contributed by atoms with Crippen molar-refractivity contribution >= 4 is 30.7 Å². The standard InChI is InChI=1S/C5H7OSi3/c7-3-1-4(8)6-5(9)2-3/h3-5H,1-2H2. The number of ether oxygens (including phenoxy) is 1. The molecular weight excluding hydrogens is 160 g/mol. The molecule has 0 saturated carbocycles. The Kier molecular flexibility index (Phi) is 2.69. The molecule has 1 rings (SSSR count). The highest BCUT2D eigenvalue weighted by molar-refractivity contribution is 6.17. The van der Waals surface area contributed by atoms with Crippen LogP contribution in [0.2, 0.25) is 5.54 Å². The highest BCUT2D eigenvalue weighted by Crippen LogP contribution is 2.23. The van der Waals surface area contributed by atoms with E-state index in [4.69, 9.17) is 4.74 Å². The Hall–Kier alpha value is 0.611. The predicted octanol–water partition coefficient (Wildman–Crippen LogP) is -0.257. The minimum absolute atomic E-state index is 0.198. The van der Waals surface area contributed by atoms with Crippen LogP contribution >= 0.6 is 0 Å². The van der Waals surface area contributed by atoms with Crippen LogP contribution in [0.1, 0.15) is 12.8 Å². The van der Waals surface area contributed by atoms with Crippen LogP contribution in [-0.2, 0) is 4.74 Å². The van der Waals surface area contributed by atoms with Crippen molar-refractivity contribution in [3.05, 3.63) is 0 Å². The second-order valence-corrected chi connectivity index (χ2v) is 4.39. The van der Waals surface area contributed by atoms with E-state index in [-0.39, 0.29) is 11.5 Å². The van der Waals surface area contributed by atoms with Gasteiger partial charge in [0, 0.05) is 21.7 Å². The molecule has 45 valence electrons. The van der Waals surface area contributed by atoms with Gasteiger partial charge < -0.3 is 4.74 Å². The summed E-state index contributed by atoms with van der Waals surface area (Å²) in [6.45, 7) is 0. The molecular formula is C5H7OSi3. The van der Waals surface area contributed by atoms with Crippen LogP contribution in [0.4, 0.5) is 0 Å². The molecule has 1 nitrogen and oxygen atoms in total. The van der Waals surface area contributed by atoms with E-state index in [2.05, 4.69) is 30.7 Å². The minimum Gasteiger partial charge on any atom is -0.384 e. The van der Waals surface area contributed by atoms with Gasteiger partial charge in [-0.05, 0) is 18.4 Å². The second kappa shape index (κ2) is 3.14. The van der Waals surface area contributed by atoms with E-state index in [0.29, 0.717) is 5.54 Å². The average Bonchev–Trinajstić information content (AvgIpc) is 1.59. The van der Waals surface area contributed by atoms with Crippen LogP contribution in [0.25, 0.3) is 0 Å². The zero-order valence-corrected chi connectivity index (χ0v) is 8.05. The van der Waals surface area contributed by atoms with Crippen LogP contribution < -0.4 is 0 Å². The van der Waals surface area contributed by atoms with E-state index in [0.717, 1.165) is 12.8 Å². The molecule has 2 atom stereocenters. The van der Waals surface area contributed by atoms with E-state index in [9.17, 15) is 0 Å². The molecule has 0 aromatic heterocycles. The summed E-state index contributed by atoms with van der Waals surface area (Å²) in [6, 6.07) is 0. The molecule has 1 aliphatic rings. The zero-order chi connectivity index (χ0) is 6.85. The summed E-state index contributed by atoms with van der Waals surface area (Å²) >= 11 is 0. The highest BCUT2D eigenvalue weighted by Gasteiger charge is 2.20. The fourth-order valence-corrected chi connectivity index (χ4v) is 2.86. The second-order valence-electron chi connectivity index (χ2n) is 2.28. The van der Waals surface area contributed by atoms with Crippen LogP contribution in [-0.4, -0.2) is 42.2 Å². The lowest BCUT2D eigenvalue weighted by Gasteiger charge is -2.29. The third-order valence-corrected chi connectivity index (χ3v) is 2.54. The normalized spacial score (nSPS) is 45.0. The highest BCUT2D eigenvalue weighted by atomic mass is 28.2. The van der Waals surface area contributed by atoms with Crippen LogP contribution in [0.15, 0.2) is 0 Å². The van der Waals surface area contributed by atoms with Crippen LogP contribution in [0.5, 0.6) is 0 Å². The van der Waals surface area contributed by atoms with Gasteiger partial charge in [0.1, 0.15) is 0 Å². The van der Waals surface area contributed by atoms with Gasteiger partial charge >= 0.3 is 0 Å². The first kappa shape index (κ1) is 7.71. The van der Waals surface area contributed by atoms with Gasteiger partial charge in [0.15, 0.2) is 0 Å². The zero-order valence-electron chi connectivity index (χ0n) is 5.05. The Morgan fingerprint density at radius 1 is 1.00 bits per heavy atom. The summed E-state index contributed by atoms with van der Waals surface area (Å²) in [6.07, 6.45) is 2.07. The maximum absolute atomic E-state index is 5.35. The molecule has 1 fully saturated rings. The van der Waals surface area contributed by atoms with E-state index < -0.39 is 0 Å². The lowest BCUT2D eigenvalue weighted by Crippen LogP contribution is -2.31. The lowest BCUT2D eigenvalue weighted by atomic mass is 10.2. The minimum atomic E-state index is 0.198. The molecule has 0 amide bonds. The van der Waals surface area contributed by atoms with E-state index in [1.807, 2.05) is 0 Å². The average molecular weight is 167 g/mol. The number of hydrogen-bond donors (Lipinski definition) is 0. The Balaban J connectivity index is 2.34. The molecule has 0 aromatic carbocycles. The molecule has 1 saturated heterocycles. The summed E-state index contributed by atoms with van der Waals surface area (Å²) in [5.41, 5.74) is 0.969. The molecule has 4 heteroatoms. The molecule has 1 aliphatic heterocycles. The molecule has 0 spiro atoms. The quantitative estimate of drug-likeness (QED) is 0.452. The first-order valence-corrected chi connectivity index (χ1v) is 4.70. The van der Waals surface area contributed by atoms with E-state index in [1.165, 1.54) is 0 Å². The van der Waals surface area contributed by atoms with Gasteiger partial charge in [-0.1, -0.05) is 0 Å². The maximum atomic E-state index is 5.35. The first-order valence-electron chi connectivity index (χ1n) is 2.97. The molecule has 0 N–H and O–H groups in total. The van der Waals surface area contributed by atoms with Gasteiger partial charge in [0.05, 0.1) is 20.5 Å². The third-order valence-electron chi connectivity index (χ3n) is 1.33. The topological polar surface area (TPSA) is 9.23 Å². The fourth-order valence-electron chi connectivity index (χ4n) is 0.922. The smallest absolute Gasteiger partial charge is 0.0657 e. The van der Waals surface area contributed by atoms with Gasteiger partial charge in [0.25, 0.3) is 0 Å². The number of hydrogen-bond acceptors (Lipinski definition) is 1. The van der Waals surface area contributed by atoms with Gasteiger partial charge in [-0.2, -0.15) is 0 Å². The van der Waals surface area contributed by atoms with Crippen molar-refractivity contribution in [1.82, 2.24) is 0 Å². The van der Waals surface area contributed by atoms with Crippen molar-refractivity contribution in [3.8, 4) is 0 Å². The Labute approximate surface area is 65.8 Å². The van der Waals surface area contributed by atoms with Crippen LogP contribution in [0, 0.1) is 0 Å². The van der Waals surface area contributed by atoms with E-state index in [1.54, 1.807) is 0 Å². The van der Waals surface area contributed by atoms with Gasteiger partial charge in [0.2, 0.25) is 0 Å². The molecule has 9 heavy (non-hydrogen) atoms. The van der Waals surface area contributed by atoms with Crippen LogP contribution in [0.3, 0.4) is 0 Å². The summed E-state index contributed by atoms with van der Waals surface area (Å²) in [7, 11) is 10.4.